The Hall–Kier alpha value is -4.21. The van der Waals surface area contributed by atoms with Gasteiger partial charge in [0.15, 0.2) is 5.52 Å². The lowest BCUT2D eigenvalue weighted by molar-refractivity contribution is -0.383. The van der Waals surface area contributed by atoms with Crippen LogP contribution in [0, 0.1) is 10.1 Å². The SMILES string of the molecule is NC(=O)c1ccc(N(c2ccco2)c2ccc([N+](=O)[O-])c3nonc23)cc1. The van der Waals surface area contributed by atoms with Crippen LogP contribution in [-0.2, 0) is 0 Å². The average molecular weight is 365 g/mol. The Morgan fingerprint density at radius 2 is 1.81 bits per heavy atom. The first kappa shape index (κ1) is 16.3. The molecule has 0 atom stereocenters. The number of amides is 1. The largest absolute Gasteiger partial charge is 0.448 e. The lowest BCUT2D eigenvalue weighted by atomic mass is 10.1. The number of anilines is 3. The Balaban J connectivity index is 1.92. The number of non-ortho nitro benzene ring substituents is 1. The molecule has 0 radical (unpaired) electrons. The molecule has 10 heteroatoms. The maximum atomic E-state index is 11.3. The Labute approximate surface area is 150 Å². The van der Waals surface area contributed by atoms with E-state index in [0.717, 1.165) is 0 Å². The molecule has 27 heavy (non-hydrogen) atoms. The van der Waals surface area contributed by atoms with Gasteiger partial charge >= 0.3 is 5.69 Å². The Kier molecular flexibility index (Phi) is 3.77. The van der Waals surface area contributed by atoms with Crippen LogP contribution >= 0.6 is 0 Å². The van der Waals surface area contributed by atoms with Gasteiger partial charge in [-0.05, 0) is 46.7 Å². The van der Waals surface area contributed by atoms with Crippen LogP contribution in [0.25, 0.3) is 11.0 Å². The second-order valence-corrected chi connectivity index (χ2v) is 5.52. The summed E-state index contributed by atoms with van der Waals surface area (Å²) in [6.45, 7) is 0. The summed E-state index contributed by atoms with van der Waals surface area (Å²) in [7, 11) is 0. The zero-order valence-electron chi connectivity index (χ0n) is 13.6. The molecule has 2 aromatic heterocycles. The number of nitrogens with zero attached hydrogens (tertiary/aromatic N) is 4. The van der Waals surface area contributed by atoms with Crippen LogP contribution in [0.4, 0.5) is 22.9 Å². The Bertz CT molecular complexity index is 1130. The minimum Gasteiger partial charge on any atom is -0.448 e. The van der Waals surface area contributed by atoms with Crippen molar-refractivity contribution < 1.29 is 18.8 Å². The van der Waals surface area contributed by atoms with Gasteiger partial charge in [-0.15, -0.1) is 0 Å². The predicted molar refractivity (Wildman–Crippen MR) is 93.9 cm³/mol. The summed E-state index contributed by atoms with van der Waals surface area (Å²) in [6, 6.07) is 12.7. The lowest BCUT2D eigenvalue weighted by Crippen LogP contribution is -2.13. The Morgan fingerprint density at radius 1 is 1.07 bits per heavy atom. The third-order valence-corrected chi connectivity index (χ3v) is 3.95. The van der Waals surface area contributed by atoms with E-state index in [2.05, 4.69) is 10.3 Å². The van der Waals surface area contributed by atoms with E-state index >= 15 is 0 Å². The number of hydrogen-bond acceptors (Lipinski definition) is 8. The number of carbonyl (C=O) groups is 1. The molecule has 0 unspecified atom stereocenters. The fraction of sp³-hybridized carbons (Fsp3) is 0. The van der Waals surface area contributed by atoms with Crippen molar-refractivity contribution in [1.29, 1.82) is 0 Å². The first-order valence-corrected chi connectivity index (χ1v) is 7.69. The van der Waals surface area contributed by atoms with Gasteiger partial charge in [0.05, 0.1) is 16.9 Å². The highest BCUT2D eigenvalue weighted by Gasteiger charge is 2.25. The topological polar surface area (TPSA) is 142 Å². The van der Waals surface area contributed by atoms with Crippen LogP contribution in [0.5, 0.6) is 0 Å². The Morgan fingerprint density at radius 3 is 2.44 bits per heavy atom. The standard InChI is InChI=1S/C17H11N5O5/c18-17(23)10-3-5-11(6-4-10)21(14-2-1-9-26-14)12-7-8-13(22(24)25)16-15(12)19-27-20-16/h1-9H,(H2,18,23). The van der Waals surface area contributed by atoms with Gasteiger partial charge in [-0.1, -0.05) is 0 Å². The normalized spacial score (nSPS) is 10.8. The molecule has 0 aliphatic heterocycles. The molecule has 0 saturated heterocycles. The van der Waals surface area contributed by atoms with Gasteiger partial charge in [-0.25, -0.2) is 4.63 Å². The highest BCUT2D eigenvalue weighted by Crippen LogP contribution is 2.40. The smallest absolute Gasteiger partial charge is 0.300 e. The fourth-order valence-corrected chi connectivity index (χ4v) is 2.73. The zero-order valence-corrected chi connectivity index (χ0v) is 13.6. The third kappa shape index (κ3) is 2.74. The molecule has 0 aliphatic carbocycles. The molecule has 2 N–H and O–H groups in total. The summed E-state index contributed by atoms with van der Waals surface area (Å²) in [4.78, 5) is 23.6. The molecule has 4 rings (SSSR count). The molecular weight excluding hydrogens is 354 g/mol. The lowest BCUT2D eigenvalue weighted by Gasteiger charge is -2.22. The number of nitro benzene ring substituents is 1. The van der Waals surface area contributed by atoms with E-state index in [9.17, 15) is 14.9 Å². The van der Waals surface area contributed by atoms with Crippen LogP contribution < -0.4 is 10.6 Å². The van der Waals surface area contributed by atoms with Gasteiger partial charge in [0, 0.05) is 23.4 Å². The monoisotopic (exact) mass is 365 g/mol. The number of rotatable bonds is 5. The highest BCUT2D eigenvalue weighted by molar-refractivity contribution is 5.98. The summed E-state index contributed by atoms with van der Waals surface area (Å²) < 4.78 is 10.2. The summed E-state index contributed by atoms with van der Waals surface area (Å²) in [5.41, 5.74) is 6.69. The van der Waals surface area contributed by atoms with Gasteiger partial charge in [-0.2, -0.15) is 0 Å². The van der Waals surface area contributed by atoms with Crippen molar-refractivity contribution in [3.8, 4) is 0 Å². The number of carbonyl (C=O) groups excluding carboxylic acids is 1. The van der Waals surface area contributed by atoms with Gasteiger partial charge in [0.1, 0.15) is 0 Å². The quantitative estimate of drug-likeness (QED) is 0.419. The van der Waals surface area contributed by atoms with Crippen LogP contribution in [0.15, 0.2) is 63.8 Å². The highest BCUT2D eigenvalue weighted by atomic mass is 16.6. The molecule has 2 aromatic carbocycles. The second-order valence-electron chi connectivity index (χ2n) is 5.52. The third-order valence-electron chi connectivity index (χ3n) is 3.95. The van der Waals surface area contributed by atoms with Gasteiger partial charge in [-0.3, -0.25) is 19.8 Å². The summed E-state index contributed by atoms with van der Waals surface area (Å²) in [5.74, 6) is -0.121. The van der Waals surface area contributed by atoms with Gasteiger partial charge in [0.2, 0.25) is 17.3 Å². The van der Waals surface area contributed by atoms with Gasteiger partial charge in [0.25, 0.3) is 0 Å². The van der Waals surface area contributed by atoms with Crippen molar-refractivity contribution in [3.63, 3.8) is 0 Å². The molecule has 10 nitrogen and oxygen atoms in total. The molecule has 0 saturated carbocycles. The number of hydrogen-bond donors (Lipinski definition) is 1. The zero-order chi connectivity index (χ0) is 19.0. The molecule has 0 bridgehead atoms. The van der Waals surface area contributed by atoms with Crippen molar-refractivity contribution in [3.05, 3.63) is 70.5 Å². The molecule has 2 heterocycles. The number of fused-ring (bicyclic) bond motifs is 1. The number of primary amides is 1. The summed E-state index contributed by atoms with van der Waals surface area (Å²) >= 11 is 0. The molecule has 0 spiro atoms. The first-order valence-electron chi connectivity index (χ1n) is 7.69. The molecule has 1 amide bonds. The number of nitro groups is 1. The van der Waals surface area contributed by atoms with Crippen molar-refractivity contribution >= 4 is 39.9 Å². The average Bonchev–Trinajstić information content (AvgIpc) is 3.34. The van der Waals surface area contributed by atoms with Crippen molar-refractivity contribution in [1.82, 2.24) is 10.3 Å². The molecule has 134 valence electrons. The summed E-state index contributed by atoms with van der Waals surface area (Å²) in [5, 5.41) is 18.7. The van der Waals surface area contributed by atoms with E-state index in [0.29, 0.717) is 22.8 Å². The minimum atomic E-state index is -0.560. The van der Waals surface area contributed by atoms with E-state index in [1.54, 1.807) is 41.3 Å². The van der Waals surface area contributed by atoms with Crippen molar-refractivity contribution in [2.75, 3.05) is 4.90 Å². The number of furan rings is 1. The van der Waals surface area contributed by atoms with Crippen LogP contribution in [0.1, 0.15) is 10.4 Å². The maximum absolute atomic E-state index is 11.3. The van der Waals surface area contributed by atoms with E-state index < -0.39 is 10.8 Å². The van der Waals surface area contributed by atoms with E-state index in [4.69, 9.17) is 14.8 Å². The fourth-order valence-electron chi connectivity index (χ4n) is 2.73. The summed E-state index contributed by atoms with van der Waals surface area (Å²) in [6.07, 6.45) is 1.49. The van der Waals surface area contributed by atoms with Crippen LogP contribution in [0.2, 0.25) is 0 Å². The van der Waals surface area contributed by atoms with Crippen molar-refractivity contribution in [2.45, 2.75) is 0 Å². The molecule has 0 aliphatic rings. The van der Waals surface area contributed by atoms with Crippen LogP contribution in [0.3, 0.4) is 0 Å². The number of benzene rings is 2. The second kappa shape index (κ2) is 6.26. The van der Waals surface area contributed by atoms with Crippen molar-refractivity contribution in [2.24, 2.45) is 5.73 Å². The van der Waals surface area contributed by atoms with Gasteiger partial charge < -0.3 is 10.2 Å². The number of aromatic nitrogens is 2. The van der Waals surface area contributed by atoms with E-state index in [1.807, 2.05) is 0 Å². The minimum absolute atomic E-state index is 0.0165. The first-order chi connectivity index (χ1) is 13.1. The molecule has 4 aromatic rings. The molecular formula is C17H11N5O5. The molecule has 0 fully saturated rings. The predicted octanol–water partition coefficient (Wildman–Crippen LogP) is 3.29. The number of nitrogens with two attached hydrogens (primary N) is 1. The van der Waals surface area contributed by atoms with Crippen LogP contribution in [-0.4, -0.2) is 21.1 Å². The maximum Gasteiger partial charge on any atom is 0.300 e. The van der Waals surface area contributed by atoms with E-state index in [1.165, 1.54) is 18.4 Å². The van der Waals surface area contributed by atoms with E-state index in [-0.39, 0.29) is 16.7 Å².